The van der Waals surface area contributed by atoms with Gasteiger partial charge < -0.3 is 9.47 Å². The summed E-state index contributed by atoms with van der Waals surface area (Å²) in [6.07, 6.45) is 4.27. The van der Waals surface area contributed by atoms with Gasteiger partial charge in [-0.05, 0) is 57.0 Å². The molecule has 2 rings (SSSR count). The largest absolute Gasteiger partial charge is 0.490 e. The van der Waals surface area contributed by atoms with Gasteiger partial charge in [0.25, 0.3) is 0 Å². The van der Waals surface area contributed by atoms with Crippen LogP contribution in [0.15, 0.2) is 18.2 Å². The van der Waals surface area contributed by atoms with E-state index in [1.165, 1.54) is 12.8 Å². The maximum Gasteiger partial charge on any atom is 0.176 e. The molecule has 22 heavy (non-hydrogen) atoms. The fourth-order valence-corrected chi connectivity index (χ4v) is 2.57. The van der Waals surface area contributed by atoms with E-state index in [4.69, 9.17) is 9.47 Å². The predicted molar refractivity (Wildman–Crippen MR) is 88.0 cm³/mol. The molecule has 1 saturated heterocycles. The fraction of sp³-hybridized carbons (Fsp3) is 0.611. The van der Waals surface area contributed by atoms with Crippen LogP contribution in [0.1, 0.15) is 49.9 Å². The number of ketones is 1. The third kappa shape index (κ3) is 4.73. The molecule has 4 nitrogen and oxygen atoms in total. The average molecular weight is 305 g/mol. The van der Waals surface area contributed by atoms with Crippen molar-refractivity contribution in [1.29, 1.82) is 0 Å². The molecule has 4 heteroatoms. The zero-order chi connectivity index (χ0) is 15.8. The Morgan fingerprint density at radius 2 is 1.68 bits per heavy atom. The number of carbonyl (C=O) groups excluding carboxylic acids is 1. The van der Waals surface area contributed by atoms with Crippen molar-refractivity contribution in [2.75, 3.05) is 32.8 Å². The Balaban J connectivity index is 2.08. The molecule has 1 aromatic rings. The first-order valence-corrected chi connectivity index (χ1v) is 8.39. The quantitative estimate of drug-likeness (QED) is 0.654. The van der Waals surface area contributed by atoms with Gasteiger partial charge in [-0.15, -0.1) is 0 Å². The van der Waals surface area contributed by atoms with Crippen LogP contribution >= 0.6 is 0 Å². The van der Waals surface area contributed by atoms with Crippen LogP contribution in [0.2, 0.25) is 0 Å². The minimum absolute atomic E-state index is 0.158. The molecule has 0 unspecified atom stereocenters. The number of likely N-dealkylation sites (tertiary alicyclic amines) is 1. The highest BCUT2D eigenvalue weighted by atomic mass is 16.5. The lowest BCUT2D eigenvalue weighted by molar-refractivity contribution is 0.0944. The molecule has 0 N–H and O–H groups in total. The zero-order valence-electron chi connectivity index (χ0n) is 13.8. The first kappa shape index (κ1) is 16.8. The highest BCUT2D eigenvalue weighted by Gasteiger charge is 2.17. The first-order valence-electron chi connectivity index (χ1n) is 8.39. The Bertz CT molecular complexity index is 481. The van der Waals surface area contributed by atoms with E-state index >= 15 is 0 Å². The molecule has 0 aliphatic carbocycles. The van der Waals surface area contributed by atoms with E-state index in [1.54, 1.807) is 0 Å². The van der Waals surface area contributed by atoms with E-state index in [0.717, 1.165) is 31.7 Å². The Morgan fingerprint density at radius 3 is 2.32 bits per heavy atom. The molecule has 0 bridgehead atoms. The van der Waals surface area contributed by atoms with Crippen molar-refractivity contribution in [3.8, 4) is 11.5 Å². The average Bonchev–Trinajstić information content (AvgIpc) is 3.04. The summed E-state index contributed by atoms with van der Waals surface area (Å²) in [6, 6.07) is 5.54. The number of rotatable bonds is 9. The van der Waals surface area contributed by atoms with Crippen LogP contribution < -0.4 is 9.47 Å². The minimum atomic E-state index is 0.158. The summed E-state index contributed by atoms with van der Waals surface area (Å²) < 4.78 is 11.5. The molecule has 0 spiro atoms. The summed E-state index contributed by atoms with van der Waals surface area (Å²) in [5.74, 6) is 1.57. The van der Waals surface area contributed by atoms with Gasteiger partial charge in [-0.3, -0.25) is 9.69 Å². The Labute approximate surface area is 133 Å². The van der Waals surface area contributed by atoms with Gasteiger partial charge in [-0.1, -0.05) is 13.8 Å². The SMILES string of the molecule is CCCOc1ccc(C(=O)CN2CCCC2)cc1OCCC. The summed E-state index contributed by atoms with van der Waals surface area (Å²) in [7, 11) is 0. The summed E-state index contributed by atoms with van der Waals surface area (Å²) in [5.41, 5.74) is 0.710. The summed E-state index contributed by atoms with van der Waals surface area (Å²) in [5, 5.41) is 0. The lowest BCUT2D eigenvalue weighted by Gasteiger charge is -2.15. The van der Waals surface area contributed by atoms with E-state index in [9.17, 15) is 4.79 Å². The lowest BCUT2D eigenvalue weighted by atomic mass is 10.1. The maximum atomic E-state index is 12.4. The van der Waals surface area contributed by atoms with E-state index in [-0.39, 0.29) is 5.78 Å². The first-order chi connectivity index (χ1) is 10.7. The molecule has 1 aliphatic heterocycles. The van der Waals surface area contributed by atoms with Crippen molar-refractivity contribution in [2.24, 2.45) is 0 Å². The van der Waals surface area contributed by atoms with Crippen molar-refractivity contribution in [3.63, 3.8) is 0 Å². The van der Waals surface area contributed by atoms with Crippen LogP contribution in [-0.4, -0.2) is 43.5 Å². The van der Waals surface area contributed by atoms with E-state index in [1.807, 2.05) is 18.2 Å². The number of carbonyl (C=O) groups is 1. The Morgan fingerprint density at radius 1 is 1.05 bits per heavy atom. The molecule has 0 amide bonds. The zero-order valence-corrected chi connectivity index (χ0v) is 13.8. The molecule has 0 aromatic heterocycles. The topological polar surface area (TPSA) is 38.8 Å². The van der Waals surface area contributed by atoms with Crippen LogP contribution in [0.5, 0.6) is 11.5 Å². The summed E-state index contributed by atoms with van der Waals surface area (Å²) in [6.45, 7) is 7.99. The maximum absolute atomic E-state index is 12.4. The molecule has 122 valence electrons. The van der Waals surface area contributed by atoms with Crippen LogP contribution in [0.3, 0.4) is 0 Å². The monoisotopic (exact) mass is 305 g/mol. The molecule has 1 fully saturated rings. The predicted octanol–water partition coefficient (Wildman–Crippen LogP) is 3.54. The number of nitrogens with zero attached hydrogens (tertiary/aromatic N) is 1. The summed E-state index contributed by atoms with van der Waals surface area (Å²) >= 11 is 0. The Kier molecular flexibility index (Phi) is 6.72. The number of ether oxygens (including phenoxy) is 2. The molecule has 1 aliphatic rings. The van der Waals surface area contributed by atoms with Gasteiger partial charge in [0, 0.05) is 5.56 Å². The highest BCUT2D eigenvalue weighted by molar-refractivity contribution is 5.98. The van der Waals surface area contributed by atoms with Gasteiger partial charge in [0.05, 0.1) is 19.8 Å². The normalized spacial score (nSPS) is 15.0. The van der Waals surface area contributed by atoms with Gasteiger partial charge in [0.1, 0.15) is 0 Å². The van der Waals surface area contributed by atoms with Gasteiger partial charge in [-0.25, -0.2) is 0 Å². The third-order valence-corrected chi connectivity index (χ3v) is 3.75. The van der Waals surface area contributed by atoms with E-state index in [2.05, 4.69) is 18.7 Å². The van der Waals surface area contributed by atoms with Crippen molar-refractivity contribution in [2.45, 2.75) is 39.5 Å². The van der Waals surface area contributed by atoms with Gasteiger partial charge in [0.15, 0.2) is 17.3 Å². The molecule has 1 aromatic carbocycles. The minimum Gasteiger partial charge on any atom is -0.490 e. The smallest absolute Gasteiger partial charge is 0.176 e. The number of Topliss-reactive ketones (excluding diaryl/α,β-unsaturated/α-hetero) is 1. The van der Waals surface area contributed by atoms with E-state index in [0.29, 0.717) is 31.1 Å². The second-order valence-electron chi connectivity index (χ2n) is 5.76. The second-order valence-corrected chi connectivity index (χ2v) is 5.76. The fourth-order valence-electron chi connectivity index (χ4n) is 2.57. The molecule has 0 radical (unpaired) electrons. The van der Waals surface area contributed by atoms with Crippen LogP contribution in [0.4, 0.5) is 0 Å². The molecular weight excluding hydrogens is 278 g/mol. The number of hydrogen-bond donors (Lipinski definition) is 0. The lowest BCUT2D eigenvalue weighted by Crippen LogP contribution is -2.26. The molecular formula is C18H27NO3. The summed E-state index contributed by atoms with van der Waals surface area (Å²) in [4.78, 5) is 14.6. The van der Waals surface area contributed by atoms with Crippen molar-refractivity contribution in [3.05, 3.63) is 23.8 Å². The standard InChI is InChI=1S/C18H27NO3/c1-3-11-21-17-8-7-15(13-18(17)22-12-4-2)16(20)14-19-9-5-6-10-19/h7-8,13H,3-6,9-12,14H2,1-2H3. The third-order valence-electron chi connectivity index (χ3n) is 3.75. The number of hydrogen-bond acceptors (Lipinski definition) is 4. The molecule has 1 heterocycles. The van der Waals surface area contributed by atoms with Gasteiger partial charge in [0.2, 0.25) is 0 Å². The van der Waals surface area contributed by atoms with Gasteiger partial charge in [-0.2, -0.15) is 0 Å². The molecule has 0 saturated carbocycles. The Hall–Kier alpha value is -1.55. The van der Waals surface area contributed by atoms with Crippen molar-refractivity contribution < 1.29 is 14.3 Å². The van der Waals surface area contributed by atoms with E-state index < -0.39 is 0 Å². The van der Waals surface area contributed by atoms with Crippen LogP contribution in [0, 0.1) is 0 Å². The van der Waals surface area contributed by atoms with Gasteiger partial charge >= 0.3 is 0 Å². The van der Waals surface area contributed by atoms with Crippen molar-refractivity contribution >= 4 is 5.78 Å². The number of benzene rings is 1. The second kappa shape index (κ2) is 8.79. The van der Waals surface area contributed by atoms with Crippen molar-refractivity contribution in [1.82, 2.24) is 4.90 Å². The van der Waals surface area contributed by atoms with Crippen LogP contribution in [-0.2, 0) is 0 Å². The van der Waals surface area contributed by atoms with Crippen LogP contribution in [0.25, 0.3) is 0 Å². The molecule has 0 atom stereocenters. The highest BCUT2D eigenvalue weighted by Crippen LogP contribution is 2.29.